The highest BCUT2D eigenvalue weighted by Crippen LogP contribution is 2.21. The number of nitrogens with one attached hydrogen (secondary N) is 1. The summed E-state index contributed by atoms with van der Waals surface area (Å²) >= 11 is 0. The first-order valence-electron chi connectivity index (χ1n) is 6.98. The molecule has 1 N–H and O–H groups in total. The van der Waals surface area contributed by atoms with E-state index in [-0.39, 0.29) is 11.9 Å². The van der Waals surface area contributed by atoms with Gasteiger partial charge < -0.3 is 5.32 Å². The summed E-state index contributed by atoms with van der Waals surface area (Å²) in [5, 5.41) is 3.14. The van der Waals surface area contributed by atoms with Gasteiger partial charge in [0, 0.05) is 6.20 Å². The zero-order valence-corrected chi connectivity index (χ0v) is 12.2. The van der Waals surface area contributed by atoms with Crippen molar-refractivity contribution >= 4 is 0 Å². The molecule has 2 rings (SSSR count). The number of likely N-dealkylation sites (N-methyl/N-ethyl adjacent to an activating group) is 1. The summed E-state index contributed by atoms with van der Waals surface area (Å²) in [6, 6.07) is 11.5. The first-order valence-corrected chi connectivity index (χ1v) is 6.98. The van der Waals surface area contributed by atoms with Crippen molar-refractivity contribution in [3.63, 3.8) is 0 Å². The van der Waals surface area contributed by atoms with Gasteiger partial charge in [0.1, 0.15) is 5.82 Å². The number of hydrogen-bond acceptors (Lipinski definition) is 2. The molecule has 2 aromatic rings. The lowest BCUT2D eigenvalue weighted by Crippen LogP contribution is -2.21. The molecule has 0 radical (unpaired) electrons. The number of hydrogen-bond donors (Lipinski definition) is 1. The summed E-state index contributed by atoms with van der Waals surface area (Å²) in [6.45, 7) is 4.35. The molecule has 0 saturated heterocycles. The fraction of sp³-hybridized carbons (Fsp3) is 0.353. The summed E-state index contributed by atoms with van der Waals surface area (Å²) in [6.07, 6.45) is 2.35. The van der Waals surface area contributed by atoms with Crippen LogP contribution in [0.3, 0.4) is 0 Å². The topological polar surface area (TPSA) is 24.9 Å². The van der Waals surface area contributed by atoms with Gasteiger partial charge in [-0.2, -0.15) is 0 Å². The second-order valence-corrected chi connectivity index (χ2v) is 5.31. The molecule has 0 spiro atoms. The van der Waals surface area contributed by atoms with Crippen LogP contribution in [-0.2, 0) is 6.42 Å². The number of aromatic nitrogens is 1. The van der Waals surface area contributed by atoms with E-state index in [1.807, 2.05) is 7.05 Å². The Morgan fingerprint density at radius 3 is 2.40 bits per heavy atom. The Kier molecular flexibility index (Phi) is 4.85. The lowest BCUT2D eigenvalue weighted by Gasteiger charge is -2.16. The lowest BCUT2D eigenvalue weighted by molar-refractivity contribution is 0.517. The highest BCUT2D eigenvalue weighted by atomic mass is 19.1. The normalized spacial score (nSPS) is 12.7. The molecule has 0 aliphatic carbocycles. The number of pyridine rings is 1. The summed E-state index contributed by atoms with van der Waals surface area (Å²) < 4.78 is 13.8. The highest BCUT2D eigenvalue weighted by molar-refractivity contribution is 5.26. The van der Waals surface area contributed by atoms with Gasteiger partial charge in [0.05, 0.1) is 11.7 Å². The number of benzene rings is 1. The van der Waals surface area contributed by atoms with Gasteiger partial charge in [-0.25, -0.2) is 4.39 Å². The highest BCUT2D eigenvalue weighted by Gasteiger charge is 2.15. The molecular weight excluding hydrogens is 251 g/mol. The molecule has 0 amide bonds. The average Bonchev–Trinajstić information content (AvgIpc) is 2.46. The van der Waals surface area contributed by atoms with Crippen LogP contribution in [0.1, 0.15) is 42.6 Å². The van der Waals surface area contributed by atoms with E-state index in [9.17, 15) is 4.39 Å². The van der Waals surface area contributed by atoms with E-state index in [4.69, 9.17) is 0 Å². The van der Waals surface area contributed by atoms with E-state index >= 15 is 0 Å². The van der Waals surface area contributed by atoms with Gasteiger partial charge in [0.15, 0.2) is 0 Å². The van der Waals surface area contributed by atoms with Crippen LogP contribution >= 0.6 is 0 Å². The Balaban J connectivity index is 2.16. The van der Waals surface area contributed by atoms with Crippen molar-refractivity contribution < 1.29 is 4.39 Å². The first-order chi connectivity index (χ1) is 9.61. The van der Waals surface area contributed by atoms with Crippen molar-refractivity contribution in [1.29, 1.82) is 0 Å². The molecule has 106 valence electrons. The molecule has 0 saturated carbocycles. The molecule has 2 nitrogen and oxygen atoms in total. The van der Waals surface area contributed by atoms with Gasteiger partial charge in [-0.15, -0.1) is 0 Å². The summed E-state index contributed by atoms with van der Waals surface area (Å²) in [5.41, 5.74) is 2.97. The monoisotopic (exact) mass is 272 g/mol. The maximum absolute atomic E-state index is 13.8. The quantitative estimate of drug-likeness (QED) is 0.894. The third kappa shape index (κ3) is 3.42. The molecule has 0 aliphatic rings. The van der Waals surface area contributed by atoms with Gasteiger partial charge in [-0.3, -0.25) is 4.98 Å². The molecule has 1 aromatic carbocycles. The van der Waals surface area contributed by atoms with Gasteiger partial charge in [0.2, 0.25) is 0 Å². The summed E-state index contributed by atoms with van der Waals surface area (Å²) in [4.78, 5) is 4.15. The van der Waals surface area contributed by atoms with Crippen molar-refractivity contribution in [2.45, 2.75) is 32.2 Å². The maximum Gasteiger partial charge on any atom is 0.146 e. The van der Waals surface area contributed by atoms with E-state index in [0.717, 1.165) is 6.42 Å². The summed E-state index contributed by atoms with van der Waals surface area (Å²) in [5.74, 6) is 0.267. The van der Waals surface area contributed by atoms with Crippen molar-refractivity contribution in [2.24, 2.45) is 0 Å². The Labute approximate surface area is 120 Å². The molecular formula is C17H21FN2. The van der Waals surface area contributed by atoms with E-state index in [0.29, 0.717) is 11.6 Å². The van der Waals surface area contributed by atoms with Crippen LogP contribution in [0.25, 0.3) is 0 Å². The predicted molar refractivity (Wildman–Crippen MR) is 80.2 cm³/mol. The van der Waals surface area contributed by atoms with Gasteiger partial charge >= 0.3 is 0 Å². The van der Waals surface area contributed by atoms with Crippen LogP contribution in [0.4, 0.5) is 4.39 Å². The zero-order chi connectivity index (χ0) is 14.5. The average molecular weight is 272 g/mol. The third-order valence-corrected chi connectivity index (χ3v) is 3.55. The van der Waals surface area contributed by atoms with Gasteiger partial charge in [0.25, 0.3) is 0 Å². The van der Waals surface area contributed by atoms with Gasteiger partial charge in [-0.1, -0.05) is 38.1 Å². The second kappa shape index (κ2) is 6.62. The molecule has 3 heteroatoms. The third-order valence-electron chi connectivity index (χ3n) is 3.55. The number of rotatable bonds is 5. The first kappa shape index (κ1) is 14.7. The fourth-order valence-corrected chi connectivity index (χ4v) is 2.26. The van der Waals surface area contributed by atoms with Crippen LogP contribution in [0.2, 0.25) is 0 Å². The standard InChI is InChI=1S/C17H21FN2/c1-12(2)14-8-6-13(7-9-14)11-16(19-3)17-15(18)5-4-10-20-17/h4-10,12,16,19H,11H2,1-3H3. The fourth-order valence-electron chi connectivity index (χ4n) is 2.26. The van der Waals surface area contributed by atoms with Crippen molar-refractivity contribution in [2.75, 3.05) is 7.05 Å². The van der Waals surface area contributed by atoms with E-state index in [2.05, 4.69) is 48.4 Å². The van der Waals surface area contributed by atoms with Crippen LogP contribution < -0.4 is 5.32 Å². The second-order valence-electron chi connectivity index (χ2n) is 5.31. The molecule has 0 aliphatic heterocycles. The Hall–Kier alpha value is -1.74. The van der Waals surface area contributed by atoms with Crippen LogP contribution in [0.15, 0.2) is 42.6 Å². The van der Waals surface area contributed by atoms with Crippen molar-refractivity contribution in [1.82, 2.24) is 10.3 Å². The van der Waals surface area contributed by atoms with E-state index < -0.39 is 0 Å². The largest absolute Gasteiger partial charge is 0.311 e. The Bertz CT molecular complexity index is 549. The summed E-state index contributed by atoms with van der Waals surface area (Å²) in [7, 11) is 1.83. The van der Waals surface area contributed by atoms with Crippen LogP contribution in [0.5, 0.6) is 0 Å². The van der Waals surface area contributed by atoms with E-state index in [1.54, 1.807) is 12.3 Å². The minimum atomic E-state index is -0.259. The molecule has 1 unspecified atom stereocenters. The smallest absolute Gasteiger partial charge is 0.146 e. The molecule has 1 heterocycles. The molecule has 0 fully saturated rings. The Morgan fingerprint density at radius 2 is 1.85 bits per heavy atom. The van der Waals surface area contributed by atoms with Gasteiger partial charge in [-0.05, 0) is 42.6 Å². The molecule has 0 bridgehead atoms. The maximum atomic E-state index is 13.8. The number of halogens is 1. The van der Waals surface area contributed by atoms with E-state index in [1.165, 1.54) is 17.2 Å². The van der Waals surface area contributed by atoms with Crippen molar-refractivity contribution in [3.8, 4) is 0 Å². The minimum absolute atomic E-state index is 0.110. The van der Waals surface area contributed by atoms with Crippen molar-refractivity contribution in [3.05, 3.63) is 65.2 Å². The Morgan fingerprint density at radius 1 is 1.15 bits per heavy atom. The molecule has 20 heavy (non-hydrogen) atoms. The SMILES string of the molecule is CNC(Cc1ccc(C(C)C)cc1)c1ncccc1F. The predicted octanol–water partition coefficient (Wildman–Crippen LogP) is 3.85. The van der Waals surface area contributed by atoms with Crippen LogP contribution in [-0.4, -0.2) is 12.0 Å². The zero-order valence-electron chi connectivity index (χ0n) is 12.2. The molecule has 1 aromatic heterocycles. The van der Waals surface area contributed by atoms with Crippen LogP contribution in [0, 0.1) is 5.82 Å². The lowest BCUT2D eigenvalue weighted by atomic mass is 9.98. The molecule has 1 atom stereocenters. The minimum Gasteiger partial charge on any atom is -0.311 e. The number of nitrogens with zero attached hydrogens (tertiary/aromatic N) is 1.